The van der Waals surface area contributed by atoms with E-state index in [1.165, 1.54) is 77.0 Å². The number of hydrogen-bond acceptors (Lipinski definition) is 1. The Labute approximate surface area is 139 Å². The average Bonchev–Trinajstić information content (AvgIpc) is 2.54. The van der Waals surface area contributed by atoms with Crippen LogP contribution in [0.2, 0.25) is 0 Å². The molecule has 0 aromatic carbocycles. The molecule has 0 aliphatic heterocycles. The van der Waals surface area contributed by atoms with Crippen molar-refractivity contribution in [1.29, 1.82) is 0 Å². The summed E-state index contributed by atoms with van der Waals surface area (Å²) in [7, 11) is 0. The molecule has 0 aliphatic carbocycles. The van der Waals surface area contributed by atoms with Gasteiger partial charge in [0.15, 0.2) is 0 Å². The maximum atomic E-state index is 8.67. The van der Waals surface area contributed by atoms with Crippen LogP contribution in [0.15, 0.2) is 0 Å². The molecule has 126 valence electrons. The summed E-state index contributed by atoms with van der Waals surface area (Å²) in [4.78, 5) is 0. The topological polar surface area (TPSA) is 20.2 Å². The molecule has 0 saturated carbocycles. The molecule has 0 radical (unpaired) electrons. The van der Waals surface area contributed by atoms with E-state index in [0.29, 0.717) is 6.61 Å². The lowest BCUT2D eigenvalue weighted by atomic mass is 10.1. The Morgan fingerprint density at radius 1 is 0.545 bits per heavy atom. The number of hydrogen-bond donors (Lipinski definition) is 1. The van der Waals surface area contributed by atoms with Crippen LogP contribution >= 0.6 is 0 Å². The third-order valence-electron chi connectivity index (χ3n) is 3.85. The van der Waals surface area contributed by atoms with Gasteiger partial charge in [0.25, 0.3) is 0 Å². The van der Waals surface area contributed by atoms with Crippen LogP contribution in [-0.4, -0.2) is 11.7 Å². The molecule has 0 aromatic heterocycles. The van der Waals surface area contributed by atoms with Crippen molar-refractivity contribution in [2.75, 3.05) is 6.61 Å². The van der Waals surface area contributed by atoms with Crippen LogP contribution in [0.1, 0.15) is 103 Å². The van der Waals surface area contributed by atoms with Crippen LogP contribution in [-0.2, 0) is 0 Å². The summed E-state index contributed by atoms with van der Waals surface area (Å²) in [5, 5.41) is 8.67. The molecule has 0 spiro atoms. The molecule has 1 heteroatoms. The van der Waals surface area contributed by atoms with Gasteiger partial charge >= 0.3 is 0 Å². The Bertz CT molecular complexity index is 323. The zero-order valence-corrected chi connectivity index (χ0v) is 14.8. The van der Waals surface area contributed by atoms with Gasteiger partial charge in [0.05, 0.1) is 0 Å². The first kappa shape index (κ1) is 21.1. The van der Waals surface area contributed by atoms with Gasteiger partial charge in [0.2, 0.25) is 0 Å². The fraction of sp³-hybridized carbons (Fsp3) is 0.810. The average molecular weight is 305 g/mol. The number of aliphatic hydroxyl groups is 1. The van der Waals surface area contributed by atoms with Crippen molar-refractivity contribution in [3.63, 3.8) is 0 Å². The second-order valence-electron chi connectivity index (χ2n) is 6.07. The van der Waals surface area contributed by atoms with Gasteiger partial charge in [-0.05, 0) is 31.1 Å². The van der Waals surface area contributed by atoms with Gasteiger partial charge in [-0.15, -0.1) is 0 Å². The molecular weight excluding hydrogens is 268 g/mol. The molecule has 0 aliphatic rings. The molecule has 0 amide bonds. The Balaban J connectivity index is 3.23. The molecule has 1 N–H and O–H groups in total. The standard InChI is InChI=1S/C21H36O/c1-2-3-4-5-6-7-8-9-10-11-12-13-14-15-16-17-18-19-20-21-22/h22H,2-8,13-21H2,1H3. The highest BCUT2D eigenvalue weighted by molar-refractivity contribution is 5.25. The Hall–Kier alpha value is -0.920. The van der Waals surface area contributed by atoms with Gasteiger partial charge in [-0.2, -0.15) is 0 Å². The van der Waals surface area contributed by atoms with E-state index in [-0.39, 0.29) is 0 Å². The third-order valence-corrected chi connectivity index (χ3v) is 3.85. The highest BCUT2D eigenvalue weighted by atomic mass is 16.2. The van der Waals surface area contributed by atoms with Crippen molar-refractivity contribution < 1.29 is 5.11 Å². The first-order chi connectivity index (χ1) is 10.9. The molecule has 0 heterocycles. The van der Waals surface area contributed by atoms with Gasteiger partial charge < -0.3 is 5.11 Å². The summed E-state index contributed by atoms with van der Waals surface area (Å²) in [6.45, 7) is 2.60. The summed E-state index contributed by atoms with van der Waals surface area (Å²) in [6, 6.07) is 0. The minimum atomic E-state index is 0.343. The summed E-state index contributed by atoms with van der Waals surface area (Å²) < 4.78 is 0. The van der Waals surface area contributed by atoms with E-state index in [4.69, 9.17) is 5.11 Å². The third kappa shape index (κ3) is 19.1. The molecule has 22 heavy (non-hydrogen) atoms. The lowest BCUT2D eigenvalue weighted by molar-refractivity contribution is 0.282. The summed E-state index contributed by atoms with van der Waals surface area (Å²) in [5.41, 5.74) is 0. The highest BCUT2D eigenvalue weighted by Gasteiger charge is 1.90. The van der Waals surface area contributed by atoms with E-state index in [9.17, 15) is 0 Å². The fourth-order valence-electron chi connectivity index (χ4n) is 2.42. The Morgan fingerprint density at radius 2 is 0.955 bits per heavy atom. The second-order valence-corrected chi connectivity index (χ2v) is 6.07. The molecule has 0 bridgehead atoms. The molecule has 0 atom stereocenters. The van der Waals surface area contributed by atoms with E-state index in [1.54, 1.807) is 0 Å². The molecule has 0 unspecified atom stereocenters. The number of unbranched alkanes of at least 4 members (excludes halogenated alkanes) is 13. The summed E-state index contributed by atoms with van der Waals surface area (Å²) in [6.07, 6.45) is 18.5. The first-order valence-electron chi connectivity index (χ1n) is 9.48. The first-order valence-corrected chi connectivity index (χ1v) is 9.48. The minimum Gasteiger partial charge on any atom is -0.396 e. The van der Waals surface area contributed by atoms with Gasteiger partial charge in [0.1, 0.15) is 0 Å². The Morgan fingerprint density at radius 3 is 1.41 bits per heavy atom. The van der Waals surface area contributed by atoms with Crippen molar-refractivity contribution in [3.05, 3.63) is 0 Å². The second kappa shape index (κ2) is 20.1. The Kier molecular flexibility index (Phi) is 19.2. The zero-order chi connectivity index (χ0) is 16.1. The predicted molar refractivity (Wildman–Crippen MR) is 97.6 cm³/mol. The van der Waals surface area contributed by atoms with E-state index in [0.717, 1.165) is 19.3 Å². The van der Waals surface area contributed by atoms with Gasteiger partial charge in [0, 0.05) is 19.4 Å². The van der Waals surface area contributed by atoms with Gasteiger partial charge in [-0.3, -0.25) is 0 Å². The predicted octanol–water partition coefficient (Wildman–Crippen LogP) is 5.86. The SMILES string of the molecule is CCCCCCCCC#CC#CCCCCCCCCCO. The van der Waals surface area contributed by atoms with Crippen molar-refractivity contribution in [2.45, 2.75) is 103 Å². The molecule has 1 nitrogen and oxygen atoms in total. The summed E-state index contributed by atoms with van der Waals surface area (Å²) in [5.74, 6) is 12.3. The normalized spacial score (nSPS) is 9.73. The largest absolute Gasteiger partial charge is 0.396 e. The van der Waals surface area contributed by atoms with Crippen LogP contribution in [0.5, 0.6) is 0 Å². The van der Waals surface area contributed by atoms with E-state index in [2.05, 4.69) is 30.6 Å². The molecular formula is C21H36O. The lowest BCUT2D eigenvalue weighted by Crippen LogP contribution is -1.83. The maximum absolute atomic E-state index is 8.67. The van der Waals surface area contributed by atoms with Crippen molar-refractivity contribution in [2.24, 2.45) is 0 Å². The molecule has 0 fully saturated rings. The smallest absolute Gasteiger partial charge is 0.0431 e. The quantitative estimate of drug-likeness (QED) is 0.315. The van der Waals surface area contributed by atoms with Crippen LogP contribution in [0.3, 0.4) is 0 Å². The maximum Gasteiger partial charge on any atom is 0.0431 e. The van der Waals surface area contributed by atoms with Crippen LogP contribution in [0.4, 0.5) is 0 Å². The molecule has 0 saturated heterocycles. The van der Waals surface area contributed by atoms with Crippen molar-refractivity contribution in [1.82, 2.24) is 0 Å². The van der Waals surface area contributed by atoms with Gasteiger partial charge in [-0.25, -0.2) is 0 Å². The van der Waals surface area contributed by atoms with Crippen molar-refractivity contribution >= 4 is 0 Å². The van der Waals surface area contributed by atoms with E-state index in [1.807, 2.05) is 0 Å². The lowest BCUT2D eigenvalue weighted by Gasteiger charge is -1.98. The molecule has 0 rings (SSSR count). The monoisotopic (exact) mass is 304 g/mol. The minimum absolute atomic E-state index is 0.343. The highest BCUT2D eigenvalue weighted by Crippen LogP contribution is 2.08. The van der Waals surface area contributed by atoms with E-state index < -0.39 is 0 Å². The number of rotatable bonds is 14. The van der Waals surface area contributed by atoms with Gasteiger partial charge in [-0.1, -0.05) is 83.0 Å². The van der Waals surface area contributed by atoms with Crippen LogP contribution in [0.25, 0.3) is 0 Å². The van der Waals surface area contributed by atoms with E-state index >= 15 is 0 Å². The van der Waals surface area contributed by atoms with Crippen molar-refractivity contribution in [3.8, 4) is 23.7 Å². The molecule has 0 aromatic rings. The summed E-state index contributed by atoms with van der Waals surface area (Å²) >= 11 is 0. The fourth-order valence-corrected chi connectivity index (χ4v) is 2.42. The zero-order valence-electron chi connectivity index (χ0n) is 14.8. The van der Waals surface area contributed by atoms with Crippen LogP contribution < -0.4 is 0 Å². The number of aliphatic hydroxyl groups excluding tert-OH is 1. The van der Waals surface area contributed by atoms with Crippen LogP contribution in [0, 0.1) is 23.7 Å².